The fourth-order valence-corrected chi connectivity index (χ4v) is 2.16. The number of para-hydroxylation sites is 1. The summed E-state index contributed by atoms with van der Waals surface area (Å²) >= 11 is 3.21. The molecule has 0 radical (unpaired) electrons. The molecule has 0 fully saturated rings. The summed E-state index contributed by atoms with van der Waals surface area (Å²) in [4.78, 5) is 11.6. The number of nitrogens with one attached hydrogen (secondary N) is 1. The molecular formula is C16H15BrN2O4. The van der Waals surface area contributed by atoms with Crippen LogP contribution in [-0.2, 0) is 4.79 Å². The van der Waals surface area contributed by atoms with Gasteiger partial charge in [0.15, 0.2) is 18.1 Å². The summed E-state index contributed by atoms with van der Waals surface area (Å²) < 4.78 is 10.8. The van der Waals surface area contributed by atoms with Crippen LogP contribution in [0.4, 0.5) is 0 Å². The number of benzene rings is 2. The van der Waals surface area contributed by atoms with Crippen LogP contribution in [0, 0.1) is 0 Å². The molecule has 0 saturated heterocycles. The average molecular weight is 379 g/mol. The van der Waals surface area contributed by atoms with E-state index in [1.807, 2.05) is 18.2 Å². The first kappa shape index (κ1) is 16.8. The Morgan fingerprint density at radius 1 is 1.35 bits per heavy atom. The molecule has 23 heavy (non-hydrogen) atoms. The highest BCUT2D eigenvalue weighted by Crippen LogP contribution is 2.34. The number of phenolic OH excluding ortho intramolecular Hbond substituents is 1. The van der Waals surface area contributed by atoms with Crippen molar-refractivity contribution in [2.75, 3.05) is 13.7 Å². The lowest BCUT2D eigenvalue weighted by molar-refractivity contribution is -0.123. The lowest BCUT2D eigenvalue weighted by atomic mass is 10.2. The highest BCUT2D eigenvalue weighted by atomic mass is 79.9. The zero-order valence-corrected chi connectivity index (χ0v) is 13.9. The predicted molar refractivity (Wildman–Crippen MR) is 90.0 cm³/mol. The lowest BCUT2D eigenvalue weighted by Gasteiger charge is -2.06. The van der Waals surface area contributed by atoms with Crippen LogP contribution < -0.4 is 14.9 Å². The van der Waals surface area contributed by atoms with E-state index in [1.165, 1.54) is 13.3 Å². The number of carbonyl (C=O) groups excluding carboxylic acids is 1. The molecule has 0 aromatic heterocycles. The Labute approximate surface area is 141 Å². The van der Waals surface area contributed by atoms with Crippen molar-refractivity contribution in [1.82, 2.24) is 5.43 Å². The van der Waals surface area contributed by atoms with E-state index in [9.17, 15) is 9.90 Å². The average Bonchev–Trinajstić information content (AvgIpc) is 2.57. The second-order valence-corrected chi connectivity index (χ2v) is 5.30. The number of ether oxygens (including phenoxy) is 2. The van der Waals surface area contributed by atoms with E-state index in [4.69, 9.17) is 9.47 Å². The third-order valence-electron chi connectivity index (χ3n) is 2.79. The van der Waals surface area contributed by atoms with Gasteiger partial charge in [-0.1, -0.05) is 18.2 Å². The second kappa shape index (κ2) is 8.19. The molecule has 2 N–H and O–H groups in total. The van der Waals surface area contributed by atoms with Gasteiger partial charge in [0.05, 0.1) is 17.8 Å². The zero-order valence-electron chi connectivity index (χ0n) is 12.3. The minimum Gasteiger partial charge on any atom is -0.503 e. The van der Waals surface area contributed by atoms with Gasteiger partial charge in [0.1, 0.15) is 5.75 Å². The normalized spacial score (nSPS) is 10.5. The molecule has 0 saturated carbocycles. The first-order chi connectivity index (χ1) is 11.1. The van der Waals surface area contributed by atoms with Crippen LogP contribution in [0.1, 0.15) is 5.56 Å². The number of carbonyl (C=O) groups is 1. The number of amides is 1. The Morgan fingerprint density at radius 2 is 2.09 bits per heavy atom. The van der Waals surface area contributed by atoms with Crippen LogP contribution in [0.5, 0.6) is 17.2 Å². The van der Waals surface area contributed by atoms with Gasteiger partial charge in [0, 0.05) is 0 Å². The number of hydrogen-bond donors (Lipinski definition) is 2. The van der Waals surface area contributed by atoms with E-state index >= 15 is 0 Å². The predicted octanol–water partition coefficient (Wildman–Crippen LogP) is 2.69. The van der Waals surface area contributed by atoms with Crippen molar-refractivity contribution in [3.8, 4) is 17.2 Å². The van der Waals surface area contributed by atoms with Crippen LogP contribution >= 0.6 is 15.9 Å². The smallest absolute Gasteiger partial charge is 0.277 e. The summed E-state index contributed by atoms with van der Waals surface area (Å²) in [6, 6.07) is 12.3. The maximum atomic E-state index is 11.6. The van der Waals surface area contributed by atoms with E-state index in [-0.39, 0.29) is 18.3 Å². The highest BCUT2D eigenvalue weighted by Gasteiger charge is 2.07. The van der Waals surface area contributed by atoms with Crippen LogP contribution in [0.15, 0.2) is 52.0 Å². The van der Waals surface area contributed by atoms with Gasteiger partial charge in [0.2, 0.25) is 0 Å². The fourth-order valence-electron chi connectivity index (χ4n) is 1.70. The molecule has 0 bridgehead atoms. The van der Waals surface area contributed by atoms with Crippen molar-refractivity contribution in [1.29, 1.82) is 0 Å². The number of rotatable bonds is 6. The quantitative estimate of drug-likeness (QED) is 0.598. The molecule has 0 unspecified atom stereocenters. The first-order valence-electron chi connectivity index (χ1n) is 6.66. The Morgan fingerprint density at radius 3 is 2.78 bits per heavy atom. The number of hydrogen-bond acceptors (Lipinski definition) is 5. The Hall–Kier alpha value is -2.54. The highest BCUT2D eigenvalue weighted by molar-refractivity contribution is 9.10. The minimum absolute atomic E-state index is 0.00458. The van der Waals surface area contributed by atoms with E-state index in [0.717, 1.165) is 0 Å². The third-order valence-corrected chi connectivity index (χ3v) is 3.39. The van der Waals surface area contributed by atoms with Gasteiger partial charge >= 0.3 is 0 Å². The van der Waals surface area contributed by atoms with Gasteiger partial charge in [-0.05, 0) is 45.8 Å². The van der Waals surface area contributed by atoms with Crippen LogP contribution in [0.2, 0.25) is 0 Å². The van der Waals surface area contributed by atoms with Gasteiger partial charge in [0.25, 0.3) is 5.91 Å². The maximum absolute atomic E-state index is 11.6. The molecule has 120 valence electrons. The van der Waals surface area contributed by atoms with Crippen molar-refractivity contribution < 1.29 is 19.4 Å². The largest absolute Gasteiger partial charge is 0.503 e. The summed E-state index contributed by atoms with van der Waals surface area (Å²) in [6.07, 6.45) is 1.44. The first-order valence-corrected chi connectivity index (χ1v) is 7.45. The van der Waals surface area contributed by atoms with Crippen LogP contribution in [0.25, 0.3) is 0 Å². The van der Waals surface area contributed by atoms with Gasteiger partial charge in [-0.2, -0.15) is 5.10 Å². The Bertz CT molecular complexity index is 705. The second-order valence-electron chi connectivity index (χ2n) is 4.45. The number of methoxy groups -OCH3 is 1. The molecular weight excluding hydrogens is 364 g/mol. The third kappa shape index (κ3) is 5.00. The van der Waals surface area contributed by atoms with Gasteiger partial charge in [-0.3, -0.25) is 4.79 Å². The number of hydrazone groups is 1. The number of nitrogens with zero attached hydrogens (tertiary/aromatic N) is 1. The van der Waals surface area contributed by atoms with E-state index in [1.54, 1.807) is 24.3 Å². The molecule has 2 rings (SSSR count). The summed E-state index contributed by atoms with van der Waals surface area (Å²) in [7, 11) is 1.45. The van der Waals surface area contributed by atoms with Gasteiger partial charge in [-0.25, -0.2) is 5.43 Å². The SMILES string of the molecule is COc1cc(/C=N\NC(=O)COc2ccccc2)cc(Br)c1O. The zero-order chi connectivity index (χ0) is 16.7. The standard InChI is InChI=1S/C16H15BrN2O4/c1-22-14-8-11(7-13(17)16(14)21)9-18-19-15(20)10-23-12-5-3-2-4-6-12/h2-9,21H,10H2,1H3,(H,19,20)/b18-9-. The number of halogens is 1. The molecule has 2 aromatic carbocycles. The monoisotopic (exact) mass is 378 g/mol. The fraction of sp³-hybridized carbons (Fsp3) is 0.125. The van der Waals surface area contributed by atoms with Crippen molar-refractivity contribution >= 4 is 28.1 Å². The molecule has 0 aliphatic rings. The Kier molecular flexibility index (Phi) is 5.99. The van der Waals surface area contributed by atoms with Gasteiger partial charge in [-0.15, -0.1) is 0 Å². The maximum Gasteiger partial charge on any atom is 0.277 e. The van der Waals surface area contributed by atoms with E-state index in [0.29, 0.717) is 21.5 Å². The minimum atomic E-state index is -0.380. The van der Waals surface area contributed by atoms with Crippen molar-refractivity contribution in [2.45, 2.75) is 0 Å². The molecule has 0 aliphatic heterocycles. The summed E-state index contributed by atoms with van der Waals surface area (Å²) in [5.74, 6) is 0.540. The van der Waals surface area contributed by atoms with Crippen molar-refractivity contribution in [3.63, 3.8) is 0 Å². The number of phenols is 1. The summed E-state index contributed by atoms with van der Waals surface area (Å²) in [6.45, 7) is -0.135. The number of aromatic hydroxyl groups is 1. The van der Waals surface area contributed by atoms with E-state index in [2.05, 4.69) is 26.5 Å². The summed E-state index contributed by atoms with van der Waals surface area (Å²) in [5, 5.41) is 13.5. The Balaban J connectivity index is 1.89. The molecule has 6 nitrogen and oxygen atoms in total. The lowest BCUT2D eigenvalue weighted by Crippen LogP contribution is -2.24. The van der Waals surface area contributed by atoms with Crippen LogP contribution in [0.3, 0.4) is 0 Å². The molecule has 1 amide bonds. The van der Waals surface area contributed by atoms with Gasteiger partial charge < -0.3 is 14.6 Å². The molecule has 0 atom stereocenters. The molecule has 0 spiro atoms. The van der Waals surface area contributed by atoms with Crippen molar-refractivity contribution in [2.24, 2.45) is 5.10 Å². The summed E-state index contributed by atoms with van der Waals surface area (Å²) in [5.41, 5.74) is 3.01. The molecule has 2 aromatic rings. The van der Waals surface area contributed by atoms with Crippen molar-refractivity contribution in [3.05, 3.63) is 52.5 Å². The van der Waals surface area contributed by atoms with E-state index < -0.39 is 0 Å². The molecule has 0 aliphatic carbocycles. The molecule has 0 heterocycles. The van der Waals surface area contributed by atoms with Crippen LogP contribution in [-0.4, -0.2) is 30.9 Å². The molecule has 7 heteroatoms. The topological polar surface area (TPSA) is 80.2 Å².